The molecule has 0 atom stereocenters. The standard InChI is InChI=1S/C15H21NO2/c1-10(2)16-9-11(8-15(3,4)18)12-6-5-7-13(17)14(12)16/h5-7,9-10,17-18H,8H2,1-4H3. The van der Waals surface area contributed by atoms with Crippen LogP contribution in [0.4, 0.5) is 0 Å². The molecule has 0 unspecified atom stereocenters. The van der Waals surface area contributed by atoms with Crippen LogP contribution in [-0.4, -0.2) is 20.4 Å². The van der Waals surface area contributed by atoms with Crippen LogP contribution in [0.2, 0.25) is 0 Å². The van der Waals surface area contributed by atoms with Gasteiger partial charge in [0.05, 0.1) is 11.1 Å². The average Bonchev–Trinajstić information content (AvgIpc) is 2.56. The summed E-state index contributed by atoms with van der Waals surface area (Å²) >= 11 is 0. The molecule has 98 valence electrons. The van der Waals surface area contributed by atoms with Gasteiger partial charge in [0, 0.05) is 24.0 Å². The Morgan fingerprint density at radius 2 is 1.94 bits per heavy atom. The second-order valence-corrected chi connectivity index (χ2v) is 5.82. The maximum absolute atomic E-state index is 10.0. The fourth-order valence-electron chi connectivity index (χ4n) is 2.38. The predicted molar refractivity (Wildman–Crippen MR) is 74.0 cm³/mol. The van der Waals surface area contributed by atoms with Crippen molar-refractivity contribution in [3.8, 4) is 5.75 Å². The van der Waals surface area contributed by atoms with Crippen molar-refractivity contribution in [1.29, 1.82) is 0 Å². The van der Waals surface area contributed by atoms with E-state index < -0.39 is 5.60 Å². The minimum absolute atomic E-state index is 0.274. The van der Waals surface area contributed by atoms with Crippen LogP contribution < -0.4 is 0 Å². The smallest absolute Gasteiger partial charge is 0.139 e. The van der Waals surface area contributed by atoms with Gasteiger partial charge in [0.15, 0.2) is 0 Å². The minimum Gasteiger partial charge on any atom is -0.506 e. The highest BCUT2D eigenvalue weighted by atomic mass is 16.3. The van der Waals surface area contributed by atoms with Gasteiger partial charge in [-0.25, -0.2) is 0 Å². The van der Waals surface area contributed by atoms with Crippen molar-refractivity contribution in [3.63, 3.8) is 0 Å². The number of phenolic OH excluding ortho intramolecular Hbond substituents is 1. The highest BCUT2D eigenvalue weighted by molar-refractivity contribution is 5.89. The minimum atomic E-state index is -0.748. The highest BCUT2D eigenvalue weighted by Crippen LogP contribution is 2.32. The lowest BCUT2D eigenvalue weighted by Crippen LogP contribution is -2.21. The molecular formula is C15H21NO2. The largest absolute Gasteiger partial charge is 0.506 e. The molecule has 0 radical (unpaired) electrons. The Morgan fingerprint density at radius 3 is 2.50 bits per heavy atom. The van der Waals surface area contributed by atoms with E-state index in [2.05, 4.69) is 18.4 Å². The van der Waals surface area contributed by atoms with Gasteiger partial charge in [0.2, 0.25) is 0 Å². The Bertz CT molecular complexity index is 562. The Balaban J connectivity index is 2.65. The zero-order chi connectivity index (χ0) is 13.5. The van der Waals surface area contributed by atoms with Crippen molar-refractivity contribution in [3.05, 3.63) is 30.0 Å². The third kappa shape index (κ3) is 2.36. The Morgan fingerprint density at radius 1 is 1.28 bits per heavy atom. The van der Waals surface area contributed by atoms with Gasteiger partial charge in [-0.3, -0.25) is 0 Å². The Kier molecular flexibility index (Phi) is 3.11. The highest BCUT2D eigenvalue weighted by Gasteiger charge is 2.19. The van der Waals surface area contributed by atoms with E-state index in [1.807, 2.05) is 18.3 Å². The van der Waals surface area contributed by atoms with E-state index in [9.17, 15) is 10.2 Å². The number of rotatable bonds is 3. The molecule has 0 fully saturated rings. The molecule has 1 heterocycles. The molecule has 0 saturated heterocycles. The zero-order valence-corrected chi connectivity index (χ0v) is 11.4. The molecule has 0 aliphatic heterocycles. The zero-order valence-electron chi connectivity index (χ0n) is 11.4. The molecule has 2 aromatic rings. The fourth-order valence-corrected chi connectivity index (χ4v) is 2.38. The first kappa shape index (κ1) is 13.0. The van der Waals surface area contributed by atoms with Crippen LogP contribution in [0.25, 0.3) is 10.9 Å². The number of hydrogen-bond acceptors (Lipinski definition) is 2. The molecule has 0 aliphatic carbocycles. The number of benzene rings is 1. The van der Waals surface area contributed by atoms with E-state index in [4.69, 9.17) is 0 Å². The van der Waals surface area contributed by atoms with Crippen LogP contribution in [0.3, 0.4) is 0 Å². The normalized spacial score (nSPS) is 12.6. The van der Waals surface area contributed by atoms with Crippen LogP contribution in [0.5, 0.6) is 5.75 Å². The van der Waals surface area contributed by atoms with Crippen molar-refractivity contribution >= 4 is 10.9 Å². The molecule has 0 aliphatic rings. The first-order chi connectivity index (χ1) is 8.29. The number of para-hydroxylation sites is 1. The van der Waals surface area contributed by atoms with Gasteiger partial charge in [-0.1, -0.05) is 12.1 Å². The van der Waals surface area contributed by atoms with Gasteiger partial charge < -0.3 is 14.8 Å². The molecule has 1 aromatic carbocycles. The van der Waals surface area contributed by atoms with E-state index >= 15 is 0 Å². The third-order valence-electron chi connectivity index (χ3n) is 3.09. The summed E-state index contributed by atoms with van der Waals surface area (Å²) in [4.78, 5) is 0. The van der Waals surface area contributed by atoms with Crippen LogP contribution in [0, 0.1) is 0 Å². The van der Waals surface area contributed by atoms with Crippen molar-refractivity contribution < 1.29 is 10.2 Å². The molecule has 2 rings (SSSR count). The molecule has 3 nitrogen and oxygen atoms in total. The van der Waals surface area contributed by atoms with Gasteiger partial charge >= 0.3 is 0 Å². The number of aromatic hydroxyl groups is 1. The summed E-state index contributed by atoms with van der Waals surface area (Å²) in [6.07, 6.45) is 2.61. The molecule has 0 spiro atoms. The molecule has 18 heavy (non-hydrogen) atoms. The summed E-state index contributed by atoms with van der Waals surface area (Å²) in [5.41, 5.74) is 1.18. The maximum atomic E-state index is 10.0. The van der Waals surface area contributed by atoms with E-state index in [0.717, 1.165) is 16.5 Å². The predicted octanol–water partition coefficient (Wildman–Crippen LogP) is 3.24. The van der Waals surface area contributed by atoms with Crippen molar-refractivity contribution in [2.24, 2.45) is 0 Å². The first-order valence-corrected chi connectivity index (χ1v) is 6.33. The van der Waals surface area contributed by atoms with Crippen LogP contribution in [0.15, 0.2) is 24.4 Å². The van der Waals surface area contributed by atoms with Crippen molar-refractivity contribution in [1.82, 2.24) is 4.57 Å². The van der Waals surface area contributed by atoms with Gasteiger partial charge in [-0.05, 0) is 39.3 Å². The molecule has 2 N–H and O–H groups in total. The summed E-state index contributed by atoms with van der Waals surface area (Å²) in [6.45, 7) is 7.77. The number of aliphatic hydroxyl groups is 1. The van der Waals surface area contributed by atoms with E-state index in [0.29, 0.717) is 12.2 Å². The van der Waals surface area contributed by atoms with Crippen molar-refractivity contribution in [2.45, 2.75) is 45.8 Å². The number of hydrogen-bond donors (Lipinski definition) is 2. The molecule has 0 amide bonds. The Hall–Kier alpha value is -1.48. The van der Waals surface area contributed by atoms with E-state index in [1.165, 1.54) is 0 Å². The lowest BCUT2D eigenvalue weighted by molar-refractivity contribution is 0.0813. The number of phenols is 1. The summed E-state index contributed by atoms with van der Waals surface area (Å²) in [6, 6.07) is 5.82. The van der Waals surface area contributed by atoms with Crippen LogP contribution >= 0.6 is 0 Å². The lowest BCUT2D eigenvalue weighted by atomic mass is 9.98. The molecule has 0 saturated carbocycles. The summed E-state index contributed by atoms with van der Waals surface area (Å²) < 4.78 is 2.06. The van der Waals surface area contributed by atoms with Gasteiger partial charge in [-0.15, -0.1) is 0 Å². The summed E-state index contributed by atoms with van der Waals surface area (Å²) in [7, 11) is 0. The van der Waals surface area contributed by atoms with Gasteiger partial charge in [0.25, 0.3) is 0 Å². The van der Waals surface area contributed by atoms with Crippen LogP contribution in [0.1, 0.15) is 39.3 Å². The lowest BCUT2D eigenvalue weighted by Gasteiger charge is -2.16. The first-order valence-electron chi connectivity index (χ1n) is 6.33. The summed E-state index contributed by atoms with van der Waals surface area (Å²) in [5.74, 6) is 0.295. The van der Waals surface area contributed by atoms with Gasteiger partial charge in [-0.2, -0.15) is 0 Å². The third-order valence-corrected chi connectivity index (χ3v) is 3.09. The maximum Gasteiger partial charge on any atom is 0.139 e. The SMILES string of the molecule is CC(C)n1cc(CC(C)(C)O)c2cccc(O)c21. The fraction of sp³-hybridized carbons (Fsp3) is 0.467. The Labute approximate surface area is 108 Å². The molecule has 0 bridgehead atoms. The summed E-state index contributed by atoms with van der Waals surface area (Å²) in [5, 5.41) is 21.0. The molecule has 3 heteroatoms. The van der Waals surface area contributed by atoms with Gasteiger partial charge in [0.1, 0.15) is 5.75 Å². The number of nitrogens with zero attached hydrogens (tertiary/aromatic N) is 1. The second kappa shape index (κ2) is 4.32. The quantitative estimate of drug-likeness (QED) is 0.874. The second-order valence-electron chi connectivity index (χ2n) is 5.82. The average molecular weight is 247 g/mol. The number of aromatic nitrogens is 1. The number of fused-ring (bicyclic) bond motifs is 1. The molecular weight excluding hydrogens is 226 g/mol. The van der Waals surface area contributed by atoms with E-state index in [-0.39, 0.29) is 6.04 Å². The topological polar surface area (TPSA) is 45.4 Å². The molecule has 1 aromatic heterocycles. The van der Waals surface area contributed by atoms with E-state index in [1.54, 1.807) is 19.9 Å². The van der Waals surface area contributed by atoms with Crippen LogP contribution in [-0.2, 0) is 6.42 Å². The monoisotopic (exact) mass is 247 g/mol. The van der Waals surface area contributed by atoms with Crippen molar-refractivity contribution in [2.75, 3.05) is 0 Å².